The predicted octanol–water partition coefficient (Wildman–Crippen LogP) is 5.13. The Hall–Kier alpha value is -3.27. The zero-order chi connectivity index (χ0) is 17.1. The monoisotopic (exact) mass is 330 g/mol. The van der Waals surface area contributed by atoms with Gasteiger partial charge in [0.2, 0.25) is 0 Å². The summed E-state index contributed by atoms with van der Waals surface area (Å²) in [6.45, 7) is 0. The number of hydrogen-bond donors (Lipinski definition) is 0. The van der Waals surface area contributed by atoms with E-state index in [1.54, 1.807) is 18.5 Å². The maximum atomic E-state index is 13.8. The second kappa shape index (κ2) is 6.69. The molecule has 0 fully saturated rings. The zero-order valence-corrected chi connectivity index (χ0v) is 13.4. The summed E-state index contributed by atoms with van der Waals surface area (Å²) in [5.41, 5.74) is 3.66. The SMILES string of the molecule is Fc1ccc(Cc2cncnc2)c(-c2ccc(-c3ccccc3)o2)c1. The van der Waals surface area contributed by atoms with Crippen molar-refractivity contribution in [3.8, 4) is 22.6 Å². The Balaban J connectivity index is 1.73. The highest BCUT2D eigenvalue weighted by Gasteiger charge is 2.12. The minimum absolute atomic E-state index is 0.291. The van der Waals surface area contributed by atoms with Crippen LogP contribution in [0.15, 0.2) is 83.8 Å². The number of nitrogens with zero attached hydrogens (tertiary/aromatic N) is 2. The standard InChI is InChI=1S/C21H15FN2O/c22-18-7-6-17(10-15-12-23-14-24-13-15)19(11-18)21-9-8-20(25-21)16-4-2-1-3-5-16/h1-9,11-14H,10H2. The summed E-state index contributed by atoms with van der Waals surface area (Å²) in [7, 11) is 0. The highest BCUT2D eigenvalue weighted by atomic mass is 19.1. The Labute approximate surface area is 144 Å². The molecule has 0 aliphatic rings. The van der Waals surface area contributed by atoms with Crippen molar-refractivity contribution in [1.29, 1.82) is 0 Å². The van der Waals surface area contributed by atoms with Crippen LogP contribution in [0.4, 0.5) is 4.39 Å². The first-order valence-corrected chi connectivity index (χ1v) is 7.97. The van der Waals surface area contributed by atoms with Gasteiger partial charge >= 0.3 is 0 Å². The first kappa shape index (κ1) is 15.3. The molecule has 0 spiro atoms. The van der Waals surface area contributed by atoms with Crippen LogP contribution < -0.4 is 0 Å². The van der Waals surface area contributed by atoms with Crippen LogP contribution in [0, 0.1) is 5.82 Å². The summed E-state index contributed by atoms with van der Waals surface area (Å²) >= 11 is 0. The number of aromatic nitrogens is 2. The molecule has 4 aromatic rings. The van der Waals surface area contributed by atoms with Crippen molar-refractivity contribution in [2.24, 2.45) is 0 Å². The van der Waals surface area contributed by atoms with Gasteiger partial charge in [-0.25, -0.2) is 14.4 Å². The average Bonchev–Trinajstić information content (AvgIpc) is 3.15. The van der Waals surface area contributed by atoms with Gasteiger partial charge in [-0.3, -0.25) is 0 Å². The van der Waals surface area contributed by atoms with Gasteiger partial charge in [-0.05, 0) is 35.4 Å². The van der Waals surface area contributed by atoms with Crippen LogP contribution in [0.3, 0.4) is 0 Å². The molecule has 122 valence electrons. The van der Waals surface area contributed by atoms with Crippen LogP contribution in [0.1, 0.15) is 11.1 Å². The van der Waals surface area contributed by atoms with Gasteiger partial charge < -0.3 is 4.42 Å². The lowest BCUT2D eigenvalue weighted by atomic mass is 9.99. The van der Waals surface area contributed by atoms with Crippen molar-refractivity contribution in [3.05, 3.63) is 96.3 Å². The van der Waals surface area contributed by atoms with Gasteiger partial charge in [-0.1, -0.05) is 36.4 Å². The predicted molar refractivity (Wildman–Crippen MR) is 94.4 cm³/mol. The minimum Gasteiger partial charge on any atom is -0.456 e. The van der Waals surface area contributed by atoms with Crippen LogP contribution in [-0.2, 0) is 6.42 Å². The van der Waals surface area contributed by atoms with E-state index in [2.05, 4.69) is 9.97 Å². The molecule has 4 heteroatoms. The van der Waals surface area contributed by atoms with E-state index in [4.69, 9.17) is 4.42 Å². The maximum Gasteiger partial charge on any atom is 0.135 e. The fourth-order valence-electron chi connectivity index (χ4n) is 2.81. The van der Waals surface area contributed by atoms with Gasteiger partial charge in [0.15, 0.2) is 0 Å². The third-order valence-corrected chi connectivity index (χ3v) is 4.01. The second-order valence-electron chi connectivity index (χ2n) is 5.75. The summed E-state index contributed by atoms with van der Waals surface area (Å²) in [5, 5.41) is 0. The smallest absolute Gasteiger partial charge is 0.135 e. The molecule has 0 radical (unpaired) electrons. The van der Waals surface area contributed by atoms with Crippen LogP contribution in [0.25, 0.3) is 22.6 Å². The average molecular weight is 330 g/mol. The van der Waals surface area contributed by atoms with Gasteiger partial charge in [-0.2, -0.15) is 0 Å². The van der Waals surface area contributed by atoms with Crippen molar-refractivity contribution in [2.45, 2.75) is 6.42 Å². The summed E-state index contributed by atoms with van der Waals surface area (Å²) in [6.07, 6.45) is 5.63. The van der Waals surface area contributed by atoms with Crippen LogP contribution in [-0.4, -0.2) is 9.97 Å². The lowest BCUT2D eigenvalue weighted by Crippen LogP contribution is -1.94. The quantitative estimate of drug-likeness (QED) is 0.520. The minimum atomic E-state index is -0.291. The first-order valence-electron chi connectivity index (χ1n) is 7.97. The Morgan fingerprint density at radius 3 is 2.40 bits per heavy atom. The van der Waals surface area contributed by atoms with Crippen molar-refractivity contribution in [2.75, 3.05) is 0 Å². The topological polar surface area (TPSA) is 38.9 Å². The zero-order valence-electron chi connectivity index (χ0n) is 13.4. The molecule has 2 aromatic carbocycles. The molecular formula is C21H15FN2O. The van der Waals surface area contributed by atoms with E-state index in [0.29, 0.717) is 12.2 Å². The number of halogens is 1. The third kappa shape index (κ3) is 3.33. The molecule has 0 aliphatic heterocycles. The first-order chi connectivity index (χ1) is 12.3. The molecule has 4 rings (SSSR count). The summed E-state index contributed by atoms with van der Waals surface area (Å²) < 4.78 is 19.8. The van der Waals surface area contributed by atoms with Crippen LogP contribution in [0.2, 0.25) is 0 Å². The fourth-order valence-corrected chi connectivity index (χ4v) is 2.81. The van der Waals surface area contributed by atoms with Crippen LogP contribution >= 0.6 is 0 Å². The molecule has 0 saturated heterocycles. The Kier molecular flexibility index (Phi) is 4.09. The Bertz CT molecular complexity index is 981. The number of hydrogen-bond acceptors (Lipinski definition) is 3. The lowest BCUT2D eigenvalue weighted by molar-refractivity contribution is 0.593. The summed E-state index contributed by atoms with van der Waals surface area (Å²) in [5.74, 6) is 1.11. The summed E-state index contributed by atoms with van der Waals surface area (Å²) in [6, 6.07) is 18.4. The summed E-state index contributed by atoms with van der Waals surface area (Å²) in [4.78, 5) is 8.07. The third-order valence-electron chi connectivity index (χ3n) is 4.01. The molecular weight excluding hydrogens is 315 g/mol. The number of rotatable bonds is 4. The maximum absolute atomic E-state index is 13.8. The van der Waals surface area contributed by atoms with Gasteiger partial charge in [0.25, 0.3) is 0 Å². The van der Waals surface area contributed by atoms with E-state index in [-0.39, 0.29) is 5.82 Å². The molecule has 3 nitrogen and oxygen atoms in total. The van der Waals surface area contributed by atoms with E-state index < -0.39 is 0 Å². The lowest BCUT2D eigenvalue weighted by Gasteiger charge is -2.08. The Morgan fingerprint density at radius 2 is 1.60 bits per heavy atom. The van der Waals surface area contributed by atoms with Gasteiger partial charge in [-0.15, -0.1) is 0 Å². The molecule has 0 aliphatic carbocycles. The Morgan fingerprint density at radius 1 is 0.840 bits per heavy atom. The van der Waals surface area contributed by atoms with Crippen molar-refractivity contribution < 1.29 is 8.81 Å². The highest BCUT2D eigenvalue weighted by molar-refractivity contribution is 5.67. The van der Waals surface area contributed by atoms with Crippen LogP contribution in [0.5, 0.6) is 0 Å². The van der Waals surface area contributed by atoms with E-state index in [1.807, 2.05) is 42.5 Å². The molecule has 0 saturated carbocycles. The number of benzene rings is 2. The van der Waals surface area contributed by atoms with Crippen molar-refractivity contribution >= 4 is 0 Å². The van der Waals surface area contributed by atoms with Gasteiger partial charge in [0, 0.05) is 29.9 Å². The molecule has 0 bridgehead atoms. The molecule has 0 unspecified atom stereocenters. The molecule has 0 N–H and O–H groups in total. The van der Waals surface area contributed by atoms with E-state index in [0.717, 1.165) is 28.0 Å². The molecule has 2 heterocycles. The highest BCUT2D eigenvalue weighted by Crippen LogP contribution is 2.31. The number of furan rings is 1. The van der Waals surface area contributed by atoms with Gasteiger partial charge in [0.1, 0.15) is 23.7 Å². The fraction of sp³-hybridized carbons (Fsp3) is 0.0476. The molecule has 2 aromatic heterocycles. The van der Waals surface area contributed by atoms with Crippen molar-refractivity contribution in [1.82, 2.24) is 9.97 Å². The second-order valence-corrected chi connectivity index (χ2v) is 5.75. The van der Waals surface area contributed by atoms with E-state index in [9.17, 15) is 4.39 Å². The molecule has 25 heavy (non-hydrogen) atoms. The van der Waals surface area contributed by atoms with E-state index >= 15 is 0 Å². The van der Waals surface area contributed by atoms with Gasteiger partial charge in [0.05, 0.1) is 0 Å². The largest absolute Gasteiger partial charge is 0.456 e. The molecule has 0 amide bonds. The van der Waals surface area contributed by atoms with E-state index in [1.165, 1.54) is 18.5 Å². The molecule has 0 atom stereocenters. The van der Waals surface area contributed by atoms with Crippen molar-refractivity contribution in [3.63, 3.8) is 0 Å². The normalized spacial score (nSPS) is 10.8.